The highest BCUT2D eigenvalue weighted by molar-refractivity contribution is 7.90. The lowest BCUT2D eigenvalue weighted by Gasteiger charge is -2.46. The number of sulfone groups is 1. The lowest BCUT2D eigenvalue weighted by Crippen LogP contribution is -2.55. The maximum Gasteiger partial charge on any atom is 0.227 e. The molecule has 3 atom stereocenters. The van der Waals surface area contributed by atoms with Crippen LogP contribution >= 0.6 is 0 Å². The molecule has 4 heterocycles. The van der Waals surface area contributed by atoms with Gasteiger partial charge in [0.1, 0.15) is 10.8 Å². The number of H-pyrrole nitrogens is 1. The van der Waals surface area contributed by atoms with E-state index < -0.39 is 9.84 Å². The molecule has 8 nitrogen and oxygen atoms in total. The molecule has 2 fully saturated rings. The van der Waals surface area contributed by atoms with Crippen molar-refractivity contribution in [1.29, 1.82) is 0 Å². The molecule has 2 aliphatic heterocycles. The number of aromatic nitrogens is 2. The van der Waals surface area contributed by atoms with Crippen molar-refractivity contribution >= 4 is 32.5 Å². The lowest BCUT2D eigenvalue weighted by atomic mass is 9.72. The minimum atomic E-state index is -3.35. The fourth-order valence-corrected chi connectivity index (χ4v) is 7.37. The number of piperidine rings is 1. The summed E-state index contributed by atoms with van der Waals surface area (Å²) in [6, 6.07) is 12.2. The molecule has 9 heteroatoms. The third-order valence-corrected chi connectivity index (χ3v) is 9.19. The molecule has 0 radical (unpaired) electrons. The van der Waals surface area contributed by atoms with Crippen molar-refractivity contribution in [1.82, 2.24) is 19.8 Å². The molecule has 184 valence electrons. The number of rotatable bonds is 3. The molecule has 1 aliphatic carbocycles. The molecule has 35 heavy (non-hydrogen) atoms. The van der Waals surface area contributed by atoms with Crippen molar-refractivity contribution in [3.63, 3.8) is 0 Å². The molecule has 1 aromatic carbocycles. The normalized spacial score (nSPS) is 25.0. The van der Waals surface area contributed by atoms with E-state index in [2.05, 4.69) is 32.9 Å². The standard InChI is InChI=1S/C26H31N5O3S/c1-29-16-17(26(32)31-12-10-30(11-13-31)23-8-3-4-9-27-23)14-19-18-6-5-7-21-24(18)20(15-22(19)29)25(28-21)35(2,33)34/h3-9,17,19,22,28H,10-16H2,1-2H3/t17-,19-,22-/m1/s1. The number of benzene rings is 1. The Morgan fingerprint density at radius 2 is 1.89 bits per heavy atom. The highest BCUT2D eigenvalue weighted by atomic mass is 32.2. The van der Waals surface area contributed by atoms with Gasteiger partial charge in [-0.15, -0.1) is 0 Å². The van der Waals surface area contributed by atoms with Gasteiger partial charge in [-0.2, -0.15) is 0 Å². The summed E-state index contributed by atoms with van der Waals surface area (Å²) in [7, 11) is -1.27. The molecule has 2 saturated heterocycles. The summed E-state index contributed by atoms with van der Waals surface area (Å²) >= 11 is 0. The third-order valence-electron chi connectivity index (χ3n) is 8.10. The third kappa shape index (κ3) is 3.81. The molecular formula is C26H31N5O3S. The Kier molecular flexibility index (Phi) is 5.37. The number of nitrogens with zero attached hydrogens (tertiary/aromatic N) is 4. The number of anilines is 1. The maximum atomic E-state index is 13.6. The topological polar surface area (TPSA) is 89.6 Å². The van der Waals surface area contributed by atoms with Crippen LogP contribution in [0.1, 0.15) is 23.5 Å². The van der Waals surface area contributed by atoms with E-state index >= 15 is 0 Å². The number of hydrogen-bond donors (Lipinski definition) is 1. The quantitative estimate of drug-likeness (QED) is 0.602. The van der Waals surface area contributed by atoms with Gasteiger partial charge in [-0.3, -0.25) is 4.79 Å². The Morgan fingerprint density at radius 3 is 2.60 bits per heavy atom. The van der Waals surface area contributed by atoms with Gasteiger partial charge in [-0.1, -0.05) is 18.2 Å². The molecule has 6 rings (SSSR count). The van der Waals surface area contributed by atoms with E-state index in [-0.39, 0.29) is 23.8 Å². The lowest BCUT2D eigenvalue weighted by molar-refractivity contribution is -0.138. The molecule has 3 aromatic rings. The highest BCUT2D eigenvalue weighted by Gasteiger charge is 2.44. The minimum absolute atomic E-state index is 0.0622. The van der Waals surface area contributed by atoms with Crippen LogP contribution in [0.2, 0.25) is 0 Å². The highest BCUT2D eigenvalue weighted by Crippen LogP contribution is 2.46. The SMILES string of the molecule is CN1C[C@H](C(=O)N2CCN(c3ccccn3)CC2)C[C@@H]2c3cccc4[nH]c(S(C)(=O)=O)c(c34)C[C@H]21. The second-order valence-electron chi connectivity index (χ2n) is 10.2. The van der Waals surface area contributed by atoms with E-state index in [1.165, 1.54) is 11.8 Å². The van der Waals surface area contributed by atoms with Crippen LogP contribution < -0.4 is 4.90 Å². The fraction of sp³-hybridized carbons (Fsp3) is 0.462. The number of hydrogen-bond acceptors (Lipinski definition) is 6. The van der Waals surface area contributed by atoms with Gasteiger partial charge in [0.25, 0.3) is 0 Å². The number of pyridine rings is 1. The van der Waals surface area contributed by atoms with Gasteiger partial charge in [-0.25, -0.2) is 13.4 Å². The first kappa shape index (κ1) is 22.5. The Balaban J connectivity index is 1.24. The van der Waals surface area contributed by atoms with Crippen LogP contribution in [0.5, 0.6) is 0 Å². The first-order valence-electron chi connectivity index (χ1n) is 12.3. The van der Waals surface area contributed by atoms with Crippen molar-refractivity contribution in [2.24, 2.45) is 5.92 Å². The van der Waals surface area contributed by atoms with Crippen LogP contribution in [0, 0.1) is 5.92 Å². The van der Waals surface area contributed by atoms with Crippen molar-refractivity contribution in [2.75, 3.05) is 50.9 Å². The molecule has 0 bridgehead atoms. The maximum absolute atomic E-state index is 13.6. The summed E-state index contributed by atoms with van der Waals surface area (Å²) in [5.41, 5.74) is 2.95. The van der Waals surface area contributed by atoms with Crippen molar-refractivity contribution in [2.45, 2.75) is 29.8 Å². The molecule has 2 aromatic heterocycles. The summed E-state index contributed by atoms with van der Waals surface area (Å²) in [5.74, 6) is 1.34. The van der Waals surface area contributed by atoms with Gasteiger partial charge in [-0.05, 0) is 49.2 Å². The van der Waals surface area contributed by atoms with Gasteiger partial charge in [0.05, 0.1) is 5.92 Å². The van der Waals surface area contributed by atoms with Gasteiger partial charge in [0.15, 0.2) is 9.84 Å². The van der Waals surface area contributed by atoms with Crippen molar-refractivity contribution in [3.05, 3.63) is 53.7 Å². The van der Waals surface area contributed by atoms with E-state index in [4.69, 9.17) is 0 Å². The predicted molar refractivity (Wildman–Crippen MR) is 135 cm³/mol. The Morgan fingerprint density at radius 1 is 1.09 bits per heavy atom. The number of carbonyl (C=O) groups is 1. The van der Waals surface area contributed by atoms with E-state index in [9.17, 15) is 13.2 Å². The smallest absolute Gasteiger partial charge is 0.227 e. The van der Waals surface area contributed by atoms with Crippen LogP contribution in [-0.4, -0.2) is 86.2 Å². The number of carbonyl (C=O) groups excluding carboxylic acids is 1. The average molecular weight is 494 g/mol. The van der Waals surface area contributed by atoms with Crippen LogP contribution in [0.25, 0.3) is 10.9 Å². The average Bonchev–Trinajstić information content (AvgIpc) is 3.25. The number of likely N-dealkylation sites (N-methyl/N-ethyl adjacent to an activating group) is 1. The first-order chi connectivity index (χ1) is 16.8. The molecule has 1 amide bonds. The summed E-state index contributed by atoms with van der Waals surface area (Å²) in [5, 5.41) is 1.38. The number of piperazine rings is 1. The molecule has 0 unspecified atom stereocenters. The Bertz CT molecular complexity index is 1380. The zero-order chi connectivity index (χ0) is 24.3. The number of fused-ring (bicyclic) bond motifs is 2. The number of amides is 1. The molecule has 3 aliphatic rings. The summed E-state index contributed by atoms with van der Waals surface area (Å²) in [6.45, 7) is 3.69. The predicted octanol–water partition coefficient (Wildman–Crippen LogP) is 2.28. The van der Waals surface area contributed by atoms with E-state index in [1.54, 1.807) is 6.20 Å². The number of aromatic amines is 1. The van der Waals surface area contributed by atoms with Gasteiger partial charge in [0.2, 0.25) is 5.91 Å². The van der Waals surface area contributed by atoms with Crippen LogP contribution in [0.4, 0.5) is 5.82 Å². The number of likely N-dealkylation sites (tertiary alicyclic amines) is 1. The van der Waals surface area contributed by atoms with Crippen molar-refractivity contribution in [3.8, 4) is 0 Å². The summed E-state index contributed by atoms with van der Waals surface area (Å²) in [6.07, 6.45) is 4.56. The largest absolute Gasteiger partial charge is 0.353 e. The van der Waals surface area contributed by atoms with Gasteiger partial charge < -0.3 is 19.7 Å². The first-order valence-corrected chi connectivity index (χ1v) is 14.2. The minimum Gasteiger partial charge on any atom is -0.353 e. The van der Waals surface area contributed by atoms with Gasteiger partial charge in [0, 0.05) is 68.0 Å². The molecule has 0 saturated carbocycles. The second kappa shape index (κ2) is 8.34. The van der Waals surface area contributed by atoms with E-state index in [0.717, 1.165) is 41.8 Å². The molecular weight excluding hydrogens is 462 g/mol. The molecule has 1 N–H and O–H groups in total. The number of nitrogens with one attached hydrogen (secondary N) is 1. The zero-order valence-corrected chi connectivity index (χ0v) is 21.0. The Hall–Kier alpha value is -2.91. The fourth-order valence-electron chi connectivity index (χ4n) is 6.45. The van der Waals surface area contributed by atoms with Crippen LogP contribution in [-0.2, 0) is 21.1 Å². The summed E-state index contributed by atoms with van der Waals surface area (Å²) < 4.78 is 25.0. The zero-order valence-electron chi connectivity index (χ0n) is 20.1. The van der Waals surface area contributed by atoms with Crippen LogP contribution in [0.3, 0.4) is 0 Å². The Labute approximate surface area is 205 Å². The van der Waals surface area contributed by atoms with Crippen molar-refractivity contribution < 1.29 is 13.2 Å². The second-order valence-corrected chi connectivity index (χ2v) is 12.2. The van der Waals surface area contributed by atoms with E-state index in [0.29, 0.717) is 31.1 Å². The summed E-state index contributed by atoms with van der Waals surface area (Å²) in [4.78, 5) is 27.8. The monoisotopic (exact) mass is 493 g/mol. The van der Waals surface area contributed by atoms with Gasteiger partial charge >= 0.3 is 0 Å². The van der Waals surface area contributed by atoms with E-state index in [1.807, 2.05) is 35.2 Å². The van der Waals surface area contributed by atoms with Crippen LogP contribution in [0.15, 0.2) is 47.6 Å². The molecule has 0 spiro atoms.